The first-order valence-electron chi connectivity index (χ1n) is 8.52. The molecule has 0 aliphatic carbocycles. The van der Waals surface area contributed by atoms with Gasteiger partial charge in [0.1, 0.15) is 5.01 Å². The van der Waals surface area contributed by atoms with Crippen molar-refractivity contribution < 1.29 is 8.42 Å². The van der Waals surface area contributed by atoms with Crippen molar-refractivity contribution in [3.8, 4) is 21.0 Å². The number of anilines is 1. The summed E-state index contributed by atoms with van der Waals surface area (Å²) in [6.45, 7) is 7.34. The average molecular weight is 402 g/mol. The minimum Gasteiger partial charge on any atom is -0.399 e. The van der Waals surface area contributed by atoms with E-state index >= 15 is 0 Å². The molecule has 2 aromatic carbocycles. The molecule has 3 aromatic rings. The van der Waals surface area contributed by atoms with Crippen LogP contribution >= 0.6 is 11.3 Å². The minimum atomic E-state index is -3.68. The molecule has 27 heavy (non-hydrogen) atoms. The van der Waals surface area contributed by atoms with E-state index in [2.05, 4.69) is 9.71 Å². The third-order valence-corrected chi connectivity index (χ3v) is 6.68. The van der Waals surface area contributed by atoms with Gasteiger partial charge in [0.05, 0.1) is 9.77 Å². The van der Waals surface area contributed by atoms with Crippen LogP contribution in [-0.4, -0.2) is 18.9 Å². The first-order valence-corrected chi connectivity index (χ1v) is 10.8. The van der Waals surface area contributed by atoms with Gasteiger partial charge in [0.2, 0.25) is 10.0 Å². The molecule has 1 heterocycles. The summed E-state index contributed by atoms with van der Waals surface area (Å²) in [5, 5.41) is 0.663. The molecule has 7 heteroatoms. The van der Waals surface area contributed by atoms with E-state index in [-0.39, 0.29) is 4.90 Å². The van der Waals surface area contributed by atoms with Crippen LogP contribution in [0.3, 0.4) is 0 Å². The van der Waals surface area contributed by atoms with Gasteiger partial charge in [-0.15, -0.1) is 11.3 Å². The monoisotopic (exact) mass is 401 g/mol. The predicted octanol–water partition coefficient (Wildman–Crippen LogP) is 4.44. The number of nitrogen functional groups attached to an aromatic ring is 1. The predicted molar refractivity (Wildman–Crippen MR) is 112 cm³/mol. The van der Waals surface area contributed by atoms with Gasteiger partial charge in [-0.25, -0.2) is 18.1 Å². The summed E-state index contributed by atoms with van der Waals surface area (Å²) >= 11 is 1.45. The average Bonchev–Trinajstić information content (AvgIpc) is 3.03. The zero-order valence-electron chi connectivity index (χ0n) is 15.8. The number of nitrogens with two attached hydrogens (primary N) is 1. The van der Waals surface area contributed by atoms with Crippen molar-refractivity contribution in [1.29, 1.82) is 0 Å². The standard InChI is InChI=1S/C20H23N3O2S2/c1-13-5-10-16(18(11-13)27(24,25)23-20(2,3)4)19-22-12-17(26-19)14-6-8-15(21)9-7-14/h5-12,23H,21H2,1-4H3. The Morgan fingerprint density at radius 1 is 1.07 bits per heavy atom. The summed E-state index contributed by atoms with van der Waals surface area (Å²) in [6.07, 6.45) is 1.76. The molecule has 3 rings (SSSR count). The van der Waals surface area contributed by atoms with Crippen molar-refractivity contribution in [2.24, 2.45) is 0 Å². The van der Waals surface area contributed by atoms with Crippen molar-refractivity contribution in [3.05, 3.63) is 54.2 Å². The highest BCUT2D eigenvalue weighted by Crippen LogP contribution is 2.36. The van der Waals surface area contributed by atoms with E-state index in [9.17, 15) is 8.42 Å². The van der Waals surface area contributed by atoms with Crippen LogP contribution in [0, 0.1) is 6.92 Å². The second kappa shape index (κ2) is 7.07. The zero-order valence-corrected chi connectivity index (χ0v) is 17.4. The first-order chi connectivity index (χ1) is 12.5. The number of aromatic nitrogens is 1. The van der Waals surface area contributed by atoms with Crippen LogP contribution in [0.15, 0.2) is 53.6 Å². The first kappa shape index (κ1) is 19.5. The van der Waals surface area contributed by atoms with Gasteiger partial charge in [-0.05, 0) is 57.0 Å². The number of sulfonamides is 1. The van der Waals surface area contributed by atoms with E-state index in [0.717, 1.165) is 16.0 Å². The molecule has 142 valence electrons. The van der Waals surface area contributed by atoms with Gasteiger partial charge in [-0.3, -0.25) is 0 Å². The molecule has 0 spiro atoms. The Balaban J connectivity index is 2.07. The lowest BCUT2D eigenvalue weighted by Crippen LogP contribution is -2.40. The molecule has 0 saturated heterocycles. The summed E-state index contributed by atoms with van der Waals surface area (Å²) < 4.78 is 28.6. The maximum Gasteiger partial charge on any atom is 0.241 e. The van der Waals surface area contributed by atoms with E-state index in [4.69, 9.17) is 5.73 Å². The molecule has 0 radical (unpaired) electrons. The van der Waals surface area contributed by atoms with Crippen LogP contribution < -0.4 is 10.5 Å². The molecule has 0 unspecified atom stereocenters. The molecule has 0 atom stereocenters. The summed E-state index contributed by atoms with van der Waals surface area (Å²) in [7, 11) is -3.68. The second-order valence-corrected chi connectivity index (χ2v) is 10.2. The van der Waals surface area contributed by atoms with Gasteiger partial charge in [0.25, 0.3) is 0 Å². The number of nitrogens with one attached hydrogen (secondary N) is 1. The molecule has 5 nitrogen and oxygen atoms in total. The highest BCUT2D eigenvalue weighted by atomic mass is 32.2. The van der Waals surface area contributed by atoms with E-state index < -0.39 is 15.6 Å². The quantitative estimate of drug-likeness (QED) is 0.633. The third kappa shape index (κ3) is 4.55. The Labute approximate surface area is 164 Å². The normalized spacial score (nSPS) is 12.3. The fraction of sp³-hybridized carbons (Fsp3) is 0.250. The van der Waals surface area contributed by atoms with Crippen molar-refractivity contribution in [3.63, 3.8) is 0 Å². The highest BCUT2D eigenvalue weighted by Gasteiger charge is 2.26. The van der Waals surface area contributed by atoms with Crippen LogP contribution in [0.2, 0.25) is 0 Å². The molecule has 0 aliphatic heterocycles. The minimum absolute atomic E-state index is 0.246. The number of aryl methyl sites for hydroxylation is 1. The molecule has 1 aromatic heterocycles. The van der Waals surface area contributed by atoms with Crippen molar-refractivity contribution in [2.45, 2.75) is 38.1 Å². The molecule has 0 amide bonds. The number of rotatable bonds is 4. The van der Waals surface area contributed by atoms with Crippen LogP contribution in [0.1, 0.15) is 26.3 Å². The molecular weight excluding hydrogens is 378 g/mol. The topological polar surface area (TPSA) is 85.1 Å². The Morgan fingerprint density at radius 3 is 2.37 bits per heavy atom. The largest absolute Gasteiger partial charge is 0.399 e. The van der Waals surface area contributed by atoms with E-state index in [0.29, 0.717) is 16.3 Å². The van der Waals surface area contributed by atoms with Gasteiger partial charge >= 0.3 is 0 Å². The Morgan fingerprint density at radius 2 is 1.74 bits per heavy atom. The molecule has 0 saturated carbocycles. The Bertz CT molecular complexity index is 1060. The van der Waals surface area contributed by atoms with E-state index in [1.807, 2.05) is 64.1 Å². The lowest BCUT2D eigenvalue weighted by Gasteiger charge is -2.21. The Hall–Kier alpha value is -2.22. The molecule has 0 bridgehead atoms. The van der Waals surface area contributed by atoms with Gasteiger partial charge < -0.3 is 5.73 Å². The maximum absolute atomic E-state index is 13.0. The van der Waals surface area contributed by atoms with Gasteiger partial charge in [-0.1, -0.05) is 24.3 Å². The number of benzene rings is 2. The molecule has 3 N–H and O–H groups in total. The van der Waals surface area contributed by atoms with Gasteiger partial charge in [0.15, 0.2) is 0 Å². The SMILES string of the molecule is Cc1ccc(-c2ncc(-c3ccc(N)cc3)s2)c(S(=O)(=O)NC(C)(C)C)c1. The van der Waals surface area contributed by atoms with Gasteiger partial charge in [0, 0.05) is 23.0 Å². The number of hydrogen-bond donors (Lipinski definition) is 2. The fourth-order valence-electron chi connectivity index (χ4n) is 2.67. The van der Waals surface area contributed by atoms with Crippen molar-refractivity contribution in [1.82, 2.24) is 9.71 Å². The summed E-state index contributed by atoms with van der Waals surface area (Å²) in [5.41, 5.74) is 8.35. The lowest BCUT2D eigenvalue weighted by atomic mass is 10.1. The Kier molecular flexibility index (Phi) is 5.12. The van der Waals surface area contributed by atoms with Crippen LogP contribution in [0.5, 0.6) is 0 Å². The lowest BCUT2D eigenvalue weighted by molar-refractivity contribution is 0.491. The van der Waals surface area contributed by atoms with Crippen molar-refractivity contribution >= 4 is 27.0 Å². The second-order valence-electron chi connectivity index (χ2n) is 7.51. The van der Waals surface area contributed by atoms with E-state index in [1.54, 1.807) is 12.3 Å². The van der Waals surface area contributed by atoms with Crippen LogP contribution in [-0.2, 0) is 10.0 Å². The summed E-state index contributed by atoms with van der Waals surface area (Å²) in [5.74, 6) is 0. The third-order valence-electron chi connectivity index (χ3n) is 3.80. The maximum atomic E-state index is 13.0. The zero-order chi connectivity index (χ0) is 19.8. The van der Waals surface area contributed by atoms with Crippen LogP contribution in [0.25, 0.3) is 21.0 Å². The number of nitrogens with zero attached hydrogens (tertiary/aromatic N) is 1. The summed E-state index contributed by atoms with van der Waals surface area (Å²) in [4.78, 5) is 5.68. The highest BCUT2D eigenvalue weighted by molar-refractivity contribution is 7.89. The smallest absolute Gasteiger partial charge is 0.241 e. The molecular formula is C20H23N3O2S2. The number of thiazole rings is 1. The summed E-state index contributed by atoms with van der Waals surface area (Å²) in [6, 6.07) is 12.9. The van der Waals surface area contributed by atoms with E-state index in [1.165, 1.54) is 11.3 Å². The fourth-order valence-corrected chi connectivity index (χ4v) is 5.40. The molecule has 0 aliphatic rings. The molecule has 0 fully saturated rings. The number of hydrogen-bond acceptors (Lipinski definition) is 5. The van der Waals surface area contributed by atoms with Crippen LogP contribution in [0.4, 0.5) is 5.69 Å². The van der Waals surface area contributed by atoms with Crippen molar-refractivity contribution in [2.75, 3.05) is 5.73 Å². The van der Waals surface area contributed by atoms with Gasteiger partial charge in [-0.2, -0.15) is 0 Å².